The quantitative estimate of drug-likeness (QED) is 0.908. The average molecular weight is 248 g/mol. The third-order valence-corrected chi connectivity index (χ3v) is 2.57. The summed E-state index contributed by atoms with van der Waals surface area (Å²) in [5, 5.41) is 6.28. The maximum atomic E-state index is 13.5. The first-order valence-electron chi connectivity index (χ1n) is 5.56. The first-order chi connectivity index (χ1) is 8.58. The fourth-order valence-electron chi connectivity index (χ4n) is 1.64. The van der Waals surface area contributed by atoms with E-state index in [0.717, 1.165) is 0 Å². The molecule has 0 radical (unpaired) electrons. The van der Waals surface area contributed by atoms with Crippen LogP contribution in [0.15, 0.2) is 34.9 Å². The van der Waals surface area contributed by atoms with Gasteiger partial charge < -0.3 is 9.84 Å². The van der Waals surface area contributed by atoms with Crippen molar-refractivity contribution in [3.05, 3.63) is 53.2 Å². The summed E-state index contributed by atoms with van der Waals surface area (Å²) >= 11 is 0. The summed E-state index contributed by atoms with van der Waals surface area (Å²) < 4.78 is 18.3. The minimum Gasteiger partial charge on any atom is -0.351 e. The zero-order valence-electron chi connectivity index (χ0n) is 10.1. The molecule has 2 rings (SSSR count). The fourth-order valence-corrected chi connectivity index (χ4v) is 1.64. The van der Waals surface area contributed by atoms with Crippen molar-refractivity contribution in [2.24, 2.45) is 0 Å². The molecule has 1 heterocycles. The molecule has 0 fully saturated rings. The number of amides is 1. The second kappa shape index (κ2) is 5.00. The molecule has 1 aromatic carbocycles. The molecule has 1 N–H and O–H groups in total. The number of halogens is 1. The number of nitrogens with one attached hydrogen (secondary N) is 1. The Morgan fingerprint density at radius 2 is 2.17 bits per heavy atom. The predicted molar refractivity (Wildman–Crippen MR) is 63.5 cm³/mol. The lowest BCUT2D eigenvalue weighted by Gasteiger charge is -2.13. The van der Waals surface area contributed by atoms with Crippen LogP contribution in [0, 0.1) is 12.7 Å². The van der Waals surface area contributed by atoms with Gasteiger partial charge in [-0.25, -0.2) is 4.39 Å². The van der Waals surface area contributed by atoms with Gasteiger partial charge in [-0.3, -0.25) is 4.79 Å². The van der Waals surface area contributed by atoms with Gasteiger partial charge in [-0.1, -0.05) is 23.4 Å². The van der Waals surface area contributed by atoms with Crippen LogP contribution in [0.4, 0.5) is 4.39 Å². The largest absolute Gasteiger partial charge is 0.351 e. The zero-order valence-corrected chi connectivity index (χ0v) is 10.1. The van der Waals surface area contributed by atoms with Crippen LogP contribution in [0.2, 0.25) is 0 Å². The molecule has 0 aliphatic carbocycles. The molecule has 0 bridgehead atoms. The van der Waals surface area contributed by atoms with E-state index in [-0.39, 0.29) is 11.6 Å². The molecule has 0 saturated carbocycles. The molecule has 1 aromatic heterocycles. The van der Waals surface area contributed by atoms with Crippen molar-refractivity contribution in [1.82, 2.24) is 10.5 Å². The minimum atomic E-state index is -0.441. The maximum Gasteiger partial charge on any atom is 0.290 e. The topological polar surface area (TPSA) is 55.1 Å². The van der Waals surface area contributed by atoms with Gasteiger partial charge in [0.15, 0.2) is 0 Å². The van der Waals surface area contributed by atoms with E-state index in [4.69, 9.17) is 4.52 Å². The molecule has 0 saturated heterocycles. The Labute approximate surface area is 104 Å². The minimum absolute atomic E-state index is 0.121. The number of benzene rings is 1. The Kier molecular flexibility index (Phi) is 3.41. The van der Waals surface area contributed by atoms with Crippen molar-refractivity contribution in [2.75, 3.05) is 0 Å². The summed E-state index contributed by atoms with van der Waals surface area (Å²) in [5.41, 5.74) is 1.06. The molecule has 4 nitrogen and oxygen atoms in total. The van der Waals surface area contributed by atoms with E-state index < -0.39 is 11.9 Å². The summed E-state index contributed by atoms with van der Waals surface area (Å²) in [6.45, 7) is 3.43. The fraction of sp³-hybridized carbons (Fsp3) is 0.231. The standard InChI is InChI=1S/C13H13FN2O2/c1-8-7-12(18-16-8)13(17)15-9(2)10-5-3-4-6-11(10)14/h3-7,9H,1-2H3,(H,15,17)/t9-/m1/s1. The second-order valence-corrected chi connectivity index (χ2v) is 4.05. The summed E-state index contributed by atoms with van der Waals surface area (Å²) in [5.74, 6) is -0.638. The number of rotatable bonds is 3. The van der Waals surface area contributed by atoms with E-state index in [1.54, 1.807) is 32.0 Å². The average Bonchev–Trinajstić information content (AvgIpc) is 2.76. The molecule has 5 heteroatoms. The number of hydrogen-bond donors (Lipinski definition) is 1. The monoisotopic (exact) mass is 248 g/mol. The van der Waals surface area contributed by atoms with Gasteiger partial charge in [0.25, 0.3) is 5.91 Å². The molecule has 0 aliphatic rings. The molecule has 1 amide bonds. The summed E-state index contributed by atoms with van der Waals surface area (Å²) in [7, 11) is 0. The first-order valence-corrected chi connectivity index (χ1v) is 5.56. The lowest BCUT2D eigenvalue weighted by atomic mass is 10.1. The van der Waals surface area contributed by atoms with E-state index >= 15 is 0 Å². The van der Waals surface area contributed by atoms with Crippen LogP contribution >= 0.6 is 0 Å². The number of nitrogens with zero attached hydrogens (tertiary/aromatic N) is 1. The van der Waals surface area contributed by atoms with Gasteiger partial charge >= 0.3 is 0 Å². The highest BCUT2D eigenvalue weighted by Gasteiger charge is 2.17. The third-order valence-electron chi connectivity index (χ3n) is 2.57. The van der Waals surface area contributed by atoms with Crippen molar-refractivity contribution in [3.63, 3.8) is 0 Å². The highest BCUT2D eigenvalue weighted by molar-refractivity contribution is 5.91. The van der Waals surface area contributed by atoms with Crippen molar-refractivity contribution in [1.29, 1.82) is 0 Å². The molecule has 2 aromatic rings. The van der Waals surface area contributed by atoms with Gasteiger partial charge in [-0.05, 0) is 19.9 Å². The summed E-state index contributed by atoms with van der Waals surface area (Å²) in [6, 6.07) is 7.41. The normalized spacial score (nSPS) is 12.2. The van der Waals surface area contributed by atoms with Crippen LogP contribution in [0.5, 0.6) is 0 Å². The van der Waals surface area contributed by atoms with Crippen molar-refractivity contribution in [2.45, 2.75) is 19.9 Å². The van der Waals surface area contributed by atoms with Crippen LogP contribution in [-0.4, -0.2) is 11.1 Å². The molecule has 18 heavy (non-hydrogen) atoms. The van der Waals surface area contributed by atoms with E-state index in [9.17, 15) is 9.18 Å². The number of hydrogen-bond acceptors (Lipinski definition) is 3. The van der Waals surface area contributed by atoms with Gasteiger partial charge in [0, 0.05) is 11.6 Å². The van der Waals surface area contributed by atoms with E-state index in [2.05, 4.69) is 10.5 Å². The van der Waals surface area contributed by atoms with Gasteiger partial charge in [0.1, 0.15) is 5.82 Å². The van der Waals surface area contributed by atoms with E-state index in [0.29, 0.717) is 11.3 Å². The molecular formula is C13H13FN2O2. The van der Waals surface area contributed by atoms with Crippen LogP contribution in [0.25, 0.3) is 0 Å². The highest BCUT2D eigenvalue weighted by Crippen LogP contribution is 2.16. The molecule has 1 atom stereocenters. The molecular weight excluding hydrogens is 235 g/mol. The zero-order chi connectivity index (χ0) is 13.1. The molecule has 0 unspecified atom stereocenters. The van der Waals surface area contributed by atoms with Crippen molar-refractivity contribution in [3.8, 4) is 0 Å². The molecule has 94 valence electrons. The summed E-state index contributed by atoms with van der Waals surface area (Å²) in [4.78, 5) is 11.8. The second-order valence-electron chi connectivity index (χ2n) is 4.05. The Bertz CT molecular complexity index is 566. The van der Waals surface area contributed by atoms with Gasteiger partial charge in [-0.15, -0.1) is 0 Å². The number of aryl methyl sites for hydroxylation is 1. The van der Waals surface area contributed by atoms with Crippen LogP contribution < -0.4 is 5.32 Å². The van der Waals surface area contributed by atoms with Gasteiger partial charge in [0.05, 0.1) is 11.7 Å². The maximum absolute atomic E-state index is 13.5. The van der Waals surface area contributed by atoms with Crippen molar-refractivity contribution < 1.29 is 13.7 Å². The molecule has 0 spiro atoms. The van der Waals surface area contributed by atoms with Crippen molar-refractivity contribution >= 4 is 5.91 Å². The lowest BCUT2D eigenvalue weighted by molar-refractivity contribution is 0.0902. The summed E-state index contributed by atoms with van der Waals surface area (Å²) in [6.07, 6.45) is 0. The van der Waals surface area contributed by atoms with E-state index in [1.165, 1.54) is 12.1 Å². The Morgan fingerprint density at radius 1 is 1.44 bits per heavy atom. The van der Waals surface area contributed by atoms with Gasteiger partial charge in [0.2, 0.25) is 5.76 Å². The van der Waals surface area contributed by atoms with Gasteiger partial charge in [-0.2, -0.15) is 0 Å². The lowest BCUT2D eigenvalue weighted by Crippen LogP contribution is -2.26. The Balaban J connectivity index is 2.10. The third kappa shape index (κ3) is 2.56. The van der Waals surface area contributed by atoms with Crippen LogP contribution in [0.1, 0.15) is 34.8 Å². The predicted octanol–water partition coefficient (Wildman–Crippen LogP) is 2.61. The number of carbonyl (C=O) groups excluding carboxylic acids is 1. The Morgan fingerprint density at radius 3 is 2.78 bits per heavy atom. The first kappa shape index (κ1) is 12.3. The van der Waals surface area contributed by atoms with E-state index in [1.807, 2.05) is 0 Å². The smallest absolute Gasteiger partial charge is 0.290 e. The molecule has 0 aliphatic heterocycles. The number of aromatic nitrogens is 1. The SMILES string of the molecule is Cc1cc(C(=O)N[C@H](C)c2ccccc2F)on1. The highest BCUT2D eigenvalue weighted by atomic mass is 19.1. The van der Waals surface area contributed by atoms with Crippen LogP contribution in [-0.2, 0) is 0 Å². The number of carbonyl (C=O) groups is 1. The Hall–Kier alpha value is -2.17. The van der Waals surface area contributed by atoms with Crippen LogP contribution in [0.3, 0.4) is 0 Å².